The first-order chi connectivity index (χ1) is 13.9. The van der Waals surface area contributed by atoms with E-state index in [2.05, 4.69) is 9.72 Å². The van der Waals surface area contributed by atoms with Gasteiger partial charge in [0.05, 0.1) is 17.3 Å². The molecule has 30 heavy (non-hydrogen) atoms. The number of rotatable bonds is 4. The Morgan fingerprint density at radius 2 is 1.77 bits per heavy atom. The summed E-state index contributed by atoms with van der Waals surface area (Å²) in [6.45, 7) is 6.34. The van der Waals surface area contributed by atoms with Crippen LogP contribution >= 0.6 is 0 Å². The van der Waals surface area contributed by atoms with Crippen molar-refractivity contribution in [1.82, 2.24) is 9.88 Å². The van der Waals surface area contributed by atoms with Crippen molar-refractivity contribution in [2.24, 2.45) is 10.8 Å². The summed E-state index contributed by atoms with van der Waals surface area (Å²) in [5.41, 5.74) is -0.0125. The van der Waals surface area contributed by atoms with E-state index in [9.17, 15) is 22.8 Å². The molecule has 166 valence electrons. The Morgan fingerprint density at radius 3 is 2.30 bits per heavy atom. The predicted molar refractivity (Wildman–Crippen MR) is 105 cm³/mol. The van der Waals surface area contributed by atoms with Gasteiger partial charge >= 0.3 is 6.18 Å². The van der Waals surface area contributed by atoms with Crippen LogP contribution in [0.2, 0.25) is 0 Å². The molecule has 0 atom stereocenters. The van der Waals surface area contributed by atoms with E-state index in [1.807, 2.05) is 25.7 Å². The summed E-state index contributed by atoms with van der Waals surface area (Å²) >= 11 is 0. The Bertz CT molecular complexity index is 779. The number of hydrogen-bond donors (Lipinski definition) is 0. The zero-order valence-electron chi connectivity index (χ0n) is 17.6. The molecule has 0 saturated carbocycles. The van der Waals surface area contributed by atoms with Crippen LogP contribution in [0.5, 0.6) is 5.88 Å². The molecular formula is C21H28F3N3O3. The van der Waals surface area contributed by atoms with Crippen molar-refractivity contribution in [3.63, 3.8) is 0 Å². The molecular weight excluding hydrogens is 399 g/mol. The number of carbonyl (C=O) groups is 2. The van der Waals surface area contributed by atoms with E-state index in [0.29, 0.717) is 51.0 Å². The van der Waals surface area contributed by atoms with E-state index in [1.54, 1.807) is 11.0 Å². The molecule has 2 amide bonds. The molecule has 1 aromatic heterocycles. The quantitative estimate of drug-likeness (QED) is 0.733. The molecule has 6 nitrogen and oxygen atoms in total. The van der Waals surface area contributed by atoms with Gasteiger partial charge in [0.2, 0.25) is 17.7 Å². The topological polar surface area (TPSA) is 62.7 Å². The van der Waals surface area contributed by atoms with Crippen LogP contribution in [-0.4, -0.2) is 54.1 Å². The molecule has 0 aromatic carbocycles. The number of anilines is 1. The number of piperidine rings is 1. The minimum atomic E-state index is -4.43. The fraction of sp³-hybridized carbons (Fsp3) is 0.667. The third kappa shape index (κ3) is 5.23. The normalized spacial score (nSPS) is 19.5. The minimum Gasteiger partial charge on any atom is -0.468 e. The van der Waals surface area contributed by atoms with Gasteiger partial charge < -0.3 is 14.5 Å². The van der Waals surface area contributed by atoms with Crippen molar-refractivity contribution in [2.45, 2.75) is 52.6 Å². The number of amides is 2. The summed E-state index contributed by atoms with van der Waals surface area (Å²) < 4.78 is 41.4. The molecule has 9 heteroatoms. The summed E-state index contributed by atoms with van der Waals surface area (Å²) in [5, 5.41) is 0. The van der Waals surface area contributed by atoms with Gasteiger partial charge in [-0.3, -0.25) is 9.59 Å². The van der Waals surface area contributed by atoms with Crippen LogP contribution in [0.3, 0.4) is 0 Å². The largest absolute Gasteiger partial charge is 0.468 e. The van der Waals surface area contributed by atoms with Crippen molar-refractivity contribution >= 4 is 17.5 Å². The van der Waals surface area contributed by atoms with E-state index in [-0.39, 0.29) is 23.1 Å². The van der Waals surface area contributed by atoms with E-state index in [4.69, 9.17) is 0 Å². The monoisotopic (exact) mass is 427 g/mol. The van der Waals surface area contributed by atoms with E-state index < -0.39 is 18.2 Å². The molecule has 2 aliphatic rings. The van der Waals surface area contributed by atoms with Crippen molar-refractivity contribution in [3.05, 3.63) is 18.3 Å². The Labute approximate surface area is 174 Å². The average molecular weight is 427 g/mol. The van der Waals surface area contributed by atoms with Crippen molar-refractivity contribution in [3.8, 4) is 5.88 Å². The number of carbonyl (C=O) groups excluding carboxylic acids is 2. The van der Waals surface area contributed by atoms with Gasteiger partial charge in [-0.1, -0.05) is 20.8 Å². The lowest BCUT2D eigenvalue weighted by Gasteiger charge is -2.38. The molecule has 0 radical (unpaired) electrons. The summed E-state index contributed by atoms with van der Waals surface area (Å²) in [6.07, 6.45) is -0.643. The summed E-state index contributed by atoms with van der Waals surface area (Å²) in [7, 11) is 0. The Kier molecular flexibility index (Phi) is 6.02. The van der Waals surface area contributed by atoms with E-state index >= 15 is 0 Å². The van der Waals surface area contributed by atoms with Gasteiger partial charge in [0.25, 0.3) is 0 Å². The minimum absolute atomic E-state index is 0.00354. The van der Waals surface area contributed by atoms with Crippen LogP contribution < -0.4 is 9.64 Å². The molecule has 1 spiro atoms. The maximum Gasteiger partial charge on any atom is 0.422 e. The van der Waals surface area contributed by atoms with E-state index in [1.165, 1.54) is 12.3 Å². The number of nitrogens with zero attached hydrogens (tertiary/aromatic N) is 3. The lowest BCUT2D eigenvalue weighted by Crippen LogP contribution is -2.47. The zero-order chi connectivity index (χ0) is 22.2. The number of ether oxygens (including phenoxy) is 1. The second kappa shape index (κ2) is 8.07. The van der Waals surface area contributed by atoms with Crippen molar-refractivity contribution < 1.29 is 27.5 Å². The molecule has 0 unspecified atom stereocenters. The van der Waals surface area contributed by atoms with Crippen LogP contribution in [0.1, 0.15) is 46.5 Å². The molecule has 0 N–H and O–H groups in total. The van der Waals surface area contributed by atoms with Gasteiger partial charge in [-0.15, -0.1) is 0 Å². The molecule has 0 aliphatic carbocycles. The Morgan fingerprint density at radius 1 is 1.13 bits per heavy atom. The van der Waals surface area contributed by atoms with Gasteiger partial charge in [-0.05, 0) is 30.7 Å². The van der Waals surface area contributed by atoms with Crippen LogP contribution in [0, 0.1) is 10.8 Å². The predicted octanol–water partition coefficient (Wildman–Crippen LogP) is 3.80. The molecule has 3 heterocycles. The van der Waals surface area contributed by atoms with Gasteiger partial charge in [-0.25, -0.2) is 4.98 Å². The van der Waals surface area contributed by atoms with Crippen LogP contribution in [0.25, 0.3) is 0 Å². The zero-order valence-corrected chi connectivity index (χ0v) is 17.6. The van der Waals surface area contributed by atoms with E-state index in [0.717, 1.165) is 0 Å². The first-order valence-electron chi connectivity index (χ1n) is 10.1. The molecule has 3 rings (SSSR count). The average Bonchev–Trinajstić information content (AvgIpc) is 2.95. The number of hydrogen-bond acceptors (Lipinski definition) is 4. The number of aromatic nitrogens is 1. The lowest BCUT2D eigenvalue weighted by molar-refractivity contribution is -0.154. The molecule has 1 aromatic rings. The number of pyridine rings is 1. The second-order valence-electron chi connectivity index (χ2n) is 9.36. The maximum atomic E-state index is 13.1. The van der Waals surface area contributed by atoms with Crippen molar-refractivity contribution in [2.75, 3.05) is 31.1 Å². The van der Waals surface area contributed by atoms with Crippen molar-refractivity contribution in [1.29, 1.82) is 0 Å². The SMILES string of the molecule is CC(C)(C)CC(=O)N1CCC2(CC1)CCN(c1ccc(OCC(F)(F)F)nc1)C2=O. The van der Waals surface area contributed by atoms with Gasteiger partial charge in [-0.2, -0.15) is 13.2 Å². The third-order valence-corrected chi connectivity index (χ3v) is 5.68. The summed E-state index contributed by atoms with van der Waals surface area (Å²) in [5.74, 6) is -0.0161. The van der Waals surface area contributed by atoms with Gasteiger partial charge in [0.1, 0.15) is 0 Å². The Hall–Kier alpha value is -2.32. The van der Waals surface area contributed by atoms with Crippen LogP contribution in [0.15, 0.2) is 18.3 Å². The standard InChI is InChI=1S/C21H28F3N3O3/c1-19(2,3)12-17(28)26-9-6-20(7-10-26)8-11-27(18(20)29)15-4-5-16(25-13-15)30-14-21(22,23)24/h4-5,13H,6-12,14H2,1-3H3. The Balaban J connectivity index is 1.59. The maximum absolute atomic E-state index is 13.1. The highest BCUT2D eigenvalue weighted by molar-refractivity contribution is 6.00. The number of likely N-dealkylation sites (tertiary alicyclic amines) is 1. The number of alkyl halides is 3. The fourth-order valence-corrected chi connectivity index (χ4v) is 4.05. The fourth-order valence-electron chi connectivity index (χ4n) is 4.05. The third-order valence-electron chi connectivity index (χ3n) is 5.68. The van der Waals surface area contributed by atoms with Gasteiger partial charge in [0.15, 0.2) is 6.61 Å². The molecule has 2 aliphatic heterocycles. The summed E-state index contributed by atoms with van der Waals surface area (Å²) in [4.78, 5) is 33.0. The summed E-state index contributed by atoms with van der Waals surface area (Å²) in [6, 6.07) is 2.89. The molecule has 0 bridgehead atoms. The van der Waals surface area contributed by atoms with Gasteiger partial charge in [0, 0.05) is 32.1 Å². The lowest BCUT2D eigenvalue weighted by atomic mass is 9.77. The smallest absolute Gasteiger partial charge is 0.422 e. The first kappa shape index (κ1) is 22.4. The molecule has 2 saturated heterocycles. The highest BCUT2D eigenvalue weighted by Crippen LogP contribution is 2.43. The highest BCUT2D eigenvalue weighted by Gasteiger charge is 2.49. The van der Waals surface area contributed by atoms with Crippen LogP contribution in [-0.2, 0) is 9.59 Å². The molecule has 2 fully saturated rings. The second-order valence-corrected chi connectivity index (χ2v) is 9.36. The highest BCUT2D eigenvalue weighted by atomic mass is 19.4. The first-order valence-corrected chi connectivity index (χ1v) is 10.1. The van der Waals surface area contributed by atoms with Crippen LogP contribution in [0.4, 0.5) is 18.9 Å². The number of halogens is 3.